The summed E-state index contributed by atoms with van der Waals surface area (Å²) in [6, 6.07) is 5.66. The average molecular weight is 381 g/mol. The topological polar surface area (TPSA) is 79.0 Å². The summed E-state index contributed by atoms with van der Waals surface area (Å²) in [5, 5.41) is 0.905. The van der Waals surface area contributed by atoms with Crippen LogP contribution in [0.3, 0.4) is 0 Å². The SMILES string of the molecule is C=CS(=O)(=O)NC1CCN(C(=O)COc2ccc(C)cc2N(C)C)CC1. The summed E-state index contributed by atoms with van der Waals surface area (Å²) in [4.78, 5) is 16.1. The normalized spacial score (nSPS) is 15.6. The number of carbonyl (C=O) groups is 1. The van der Waals surface area contributed by atoms with E-state index in [0.29, 0.717) is 31.7 Å². The number of amides is 1. The summed E-state index contributed by atoms with van der Waals surface area (Å²) in [5.41, 5.74) is 2.05. The second-order valence-corrected chi connectivity index (χ2v) is 8.30. The van der Waals surface area contributed by atoms with Gasteiger partial charge in [0.25, 0.3) is 5.91 Å². The van der Waals surface area contributed by atoms with Gasteiger partial charge in [0.1, 0.15) is 5.75 Å². The minimum atomic E-state index is -3.44. The van der Waals surface area contributed by atoms with E-state index in [1.807, 2.05) is 44.1 Å². The van der Waals surface area contributed by atoms with E-state index in [4.69, 9.17) is 4.74 Å². The van der Waals surface area contributed by atoms with E-state index in [9.17, 15) is 13.2 Å². The second kappa shape index (κ2) is 8.55. The molecule has 1 N–H and O–H groups in total. The number of hydrogen-bond donors (Lipinski definition) is 1. The molecule has 1 aliphatic rings. The van der Waals surface area contributed by atoms with Crippen LogP contribution in [0.2, 0.25) is 0 Å². The van der Waals surface area contributed by atoms with Gasteiger partial charge >= 0.3 is 0 Å². The molecule has 1 fully saturated rings. The molecule has 7 nitrogen and oxygen atoms in total. The number of nitrogens with one attached hydrogen (secondary N) is 1. The standard InChI is InChI=1S/C18H27N3O4S/c1-5-26(23,24)19-15-8-10-21(11-9-15)18(22)13-25-17-7-6-14(2)12-16(17)20(3)4/h5-7,12,15,19H,1,8-11,13H2,2-4H3. The number of carbonyl (C=O) groups excluding carboxylic acids is 1. The molecule has 1 amide bonds. The maximum Gasteiger partial charge on any atom is 0.260 e. The van der Waals surface area contributed by atoms with E-state index in [2.05, 4.69) is 11.3 Å². The minimum Gasteiger partial charge on any atom is -0.482 e. The smallest absolute Gasteiger partial charge is 0.260 e. The molecule has 1 saturated heterocycles. The Balaban J connectivity index is 1.88. The van der Waals surface area contributed by atoms with Gasteiger partial charge in [-0.15, -0.1) is 0 Å². The number of benzene rings is 1. The third-order valence-corrected chi connectivity index (χ3v) is 5.45. The van der Waals surface area contributed by atoms with Crippen molar-refractivity contribution >= 4 is 21.6 Å². The van der Waals surface area contributed by atoms with Crippen LogP contribution in [0.25, 0.3) is 0 Å². The van der Waals surface area contributed by atoms with Crippen LogP contribution in [0.5, 0.6) is 5.75 Å². The Morgan fingerprint density at radius 1 is 1.38 bits per heavy atom. The molecule has 0 unspecified atom stereocenters. The molecule has 0 aromatic heterocycles. The van der Waals surface area contributed by atoms with Gasteiger partial charge in [0, 0.05) is 38.6 Å². The van der Waals surface area contributed by atoms with Gasteiger partial charge in [0.2, 0.25) is 10.0 Å². The molecule has 1 heterocycles. The maximum absolute atomic E-state index is 12.4. The maximum atomic E-state index is 12.4. The average Bonchev–Trinajstić information content (AvgIpc) is 2.60. The molecule has 1 aromatic rings. The summed E-state index contributed by atoms with van der Waals surface area (Å²) >= 11 is 0. The van der Waals surface area contributed by atoms with E-state index in [1.165, 1.54) is 0 Å². The molecule has 0 radical (unpaired) electrons. The fraction of sp³-hybridized carbons (Fsp3) is 0.500. The molecule has 26 heavy (non-hydrogen) atoms. The van der Waals surface area contributed by atoms with Crippen LogP contribution in [-0.4, -0.2) is 59.1 Å². The van der Waals surface area contributed by atoms with Crippen LogP contribution in [-0.2, 0) is 14.8 Å². The van der Waals surface area contributed by atoms with Gasteiger partial charge in [-0.1, -0.05) is 12.6 Å². The van der Waals surface area contributed by atoms with Crippen LogP contribution in [0.4, 0.5) is 5.69 Å². The number of nitrogens with zero attached hydrogens (tertiary/aromatic N) is 2. The lowest BCUT2D eigenvalue weighted by atomic mass is 10.1. The first-order chi connectivity index (χ1) is 12.2. The number of sulfonamides is 1. The van der Waals surface area contributed by atoms with Gasteiger partial charge in [-0.2, -0.15) is 0 Å². The lowest BCUT2D eigenvalue weighted by Gasteiger charge is -2.32. The first-order valence-corrected chi connectivity index (χ1v) is 10.1. The van der Waals surface area contributed by atoms with Crippen molar-refractivity contribution < 1.29 is 17.9 Å². The summed E-state index contributed by atoms with van der Waals surface area (Å²) in [6.07, 6.45) is 1.15. The van der Waals surface area contributed by atoms with Crippen molar-refractivity contribution in [2.75, 3.05) is 38.7 Å². The first-order valence-electron chi connectivity index (χ1n) is 8.55. The molecular weight excluding hydrogens is 354 g/mol. The molecule has 0 atom stereocenters. The molecule has 8 heteroatoms. The molecular formula is C18H27N3O4S. The quantitative estimate of drug-likeness (QED) is 0.774. The highest BCUT2D eigenvalue weighted by atomic mass is 32.2. The van der Waals surface area contributed by atoms with E-state index in [1.54, 1.807) is 4.90 Å². The van der Waals surface area contributed by atoms with Crippen molar-refractivity contribution in [3.05, 3.63) is 35.7 Å². The van der Waals surface area contributed by atoms with Gasteiger partial charge in [0.05, 0.1) is 5.69 Å². The first kappa shape index (κ1) is 20.3. The Morgan fingerprint density at radius 2 is 2.04 bits per heavy atom. The minimum absolute atomic E-state index is 0.0348. The second-order valence-electron chi connectivity index (χ2n) is 6.64. The number of ether oxygens (including phenoxy) is 1. The van der Waals surface area contributed by atoms with E-state index in [0.717, 1.165) is 16.7 Å². The predicted molar refractivity (Wildman–Crippen MR) is 103 cm³/mol. The Labute approximate surface area is 155 Å². The largest absolute Gasteiger partial charge is 0.482 e. The summed E-state index contributed by atoms with van der Waals surface area (Å²) < 4.78 is 31.3. The lowest BCUT2D eigenvalue weighted by molar-refractivity contribution is -0.134. The fourth-order valence-corrected chi connectivity index (χ4v) is 3.65. The van der Waals surface area contributed by atoms with Crippen LogP contribution in [0, 0.1) is 6.92 Å². The van der Waals surface area contributed by atoms with Gasteiger partial charge in [-0.05, 0) is 37.5 Å². The highest BCUT2D eigenvalue weighted by molar-refractivity contribution is 7.92. The number of likely N-dealkylation sites (tertiary alicyclic amines) is 1. The number of rotatable bonds is 7. The van der Waals surface area contributed by atoms with Gasteiger partial charge in [0.15, 0.2) is 6.61 Å². The zero-order valence-electron chi connectivity index (χ0n) is 15.6. The summed E-state index contributed by atoms with van der Waals surface area (Å²) in [7, 11) is 0.420. The lowest BCUT2D eigenvalue weighted by Crippen LogP contribution is -2.47. The van der Waals surface area contributed by atoms with Crippen molar-refractivity contribution in [2.45, 2.75) is 25.8 Å². The van der Waals surface area contributed by atoms with Crippen LogP contribution in [0.1, 0.15) is 18.4 Å². The predicted octanol–water partition coefficient (Wildman–Crippen LogP) is 1.49. The molecule has 144 valence electrons. The Kier molecular flexibility index (Phi) is 6.66. The molecule has 0 saturated carbocycles. The molecule has 1 aromatic carbocycles. The summed E-state index contributed by atoms with van der Waals surface area (Å²) in [5.74, 6) is 0.572. The van der Waals surface area contributed by atoms with Gasteiger partial charge in [-0.25, -0.2) is 13.1 Å². The van der Waals surface area contributed by atoms with Crippen LogP contribution in [0.15, 0.2) is 30.2 Å². The number of aryl methyl sites for hydroxylation is 1. The van der Waals surface area contributed by atoms with Crippen molar-refractivity contribution in [3.63, 3.8) is 0 Å². The molecule has 2 rings (SSSR count). The van der Waals surface area contributed by atoms with Gasteiger partial charge in [-0.3, -0.25) is 4.79 Å². The highest BCUT2D eigenvalue weighted by Crippen LogP contribution is 2.28. The van der Waals surface area contributed by atoms with Crippen molar-refractivity contribution in [1.29, 1.82) is 0 Å². The van der Waals surface area contributed by atoms with E-state index < -0.39 is 10.0 Å². The molecule has 1 aliphatic heterocycles. The fourth-order valence-electron chi connectivity index (χ4n) is 2.86. The zero-order valence-corrected chi connectivity index (χ0v) is 16.4. The molecule has 0 bridgehead atoms. The highest BCUT2D eigenvalue weighted by Gasteiger charge is 2.25. The van der Waals surface area contributed by atoms with Gasteiger partial charge < -0.3 is 14.5 Å². The van der Waals surface area contributed by atoms with Crippen LogP contribution < -0.4 is 14.4 Å². The van der Waals surface area contributed by atoms with E-state index in [-0.39, 0.29) is 18.6 Å². The molecule has 0 aliphatic carbocycles. The Bertz CT molecular complexity index is 754. The third kappa shape index (κ3) is 5.47. The van der Waals surface area contributed by atoms with E-state index >= 15 is 0 Å². The Hall–Kier alpha value is -2.06. The Morgan fingerprint density at radius 3 is 2.62 bits per heavy atom. The summed E-state index contributed by atoms with van der Waals surface area (Å²) in [6.45, 7) is 6.26. The monoisotopic (exact) mass is 381 g/mol. The number of piperidine rings is 1. The van der Waals surface area contributed by atoms with Crippen LogP contribution >= 0.6 is 0 Å². The third-order valence-electron chi connectivity index (χ3n) is 4.35. The van der Waals surface area contributed by atoms with Crippen molar-refractivity contribution in [3.8, 4) is 5.75 Å². The van der Waals surface area contributed by atoms with Crippen molar-refractivity contribution in [1.82, 2.24) is 9.62 Å². The number of anilines is 1. The molecule has 0 spiro atoms. The number of hydrogen-bond acceptors (Lipinski definition) is 5. The van der Waals surface area contributed by atoms with Crippen molar-refractivity contribution in [2.24, 2.45) is 0 Å². The zero-order chi connectivity index (χ0) is 19.3.